The molecule has 0 bridgehead atoms. The summed E-state index contributed by atoms with van der Waals surface area (Å²) in [5.41, 5.74) is 1.99. The zero-order valence-corrected chi connectivity index (χ0v) is 15.7. The van der Waals surface area contributed by atoms with Crippen molar-refractivity contribution in [3.8, 4) is 11.4 Å². The molecule has 0 spiro atoms. The minimum atomic E-state index is -0.305. The van der Waals surface area contributed by atoms with E-state index in [1.165, 1.54) is 0 Å². The first kappa shape index (κ1) is 18.3. The fourth-order valence-electron chi connectivity index (χ4n) is 2.67. The molecule has 0 saturated heterocycles. The van der Waals surface area contributed by atoms with Gasteiger partial charge in [-0.15, -0.1) is 0 Å². The molecule has 8 nitrogen and oxygen atoms in total. The molecule has 8 heteroatoms. The van der Waals surface area contributed by atoms with E-state index < -0.39 is 0 Å². The lowest BCUT2D eigenvalue weighted by Crippen LogP contribution is -2.24. The van der Waals surface area contributed by atoms with Gasteiger partial charge in [0, 0.05) is 36.6 Å². The summed E-state index contributed by atoms with van der Waals surface area (Å²) in [4.78, 5) is 25.7. The fourth-order valence-corrected chi connectivity index (χ4v) is 2.67. The number of benzene rings is 1. The van der Waals surface area contributed by atoms with Crippen molar-refractivity contribution in [1.29, 1.82) is 0 Å². The van der Waals surface area contributed by atoms with E-state index in [1.807, 2.05) is 42.5 Å². The highest BCUT2D eigenvalue weighted by Crippen LogP contribution is 2.20. The monoisotopic (exact) mass is 386 g/mol. The van der Waals surface area contributed by atoms with Crippen molar-refractivity contribution in [1.82, 2.24) is 25.4 Å². The average Bonchev–Trinajstić information content (AvgIpc) is 3.17. The van der Waals surface area contributed by atoms with Crippen LogP contribution in [-0.4, -0.2) is 26.0 Å². The van der Waals surface area contributed by atoms with Gasteiger partial charge >= 0.3 is 0 Å². The Morgan fingerprint density at radius 1 is 1.00 bits per heavy atom. The van der Waals surface area contributed by atoms with Gasteiger partial charge in [-0.2, -0.15) is 0 Å². The minimum Gasteiger partial charge on any atom is -0.360 e. The summed E-state index contributed by atoms with van der Waals surface area (Å²) < 4.78 is 5.08. The van der Waals surface area contributed by atoms with E-state index in [-0.39, 0.29) is 11.6 Å². The van der Waals surface area contributed by atoms with E-state index in [4.69, 9.17) is 4.52 Å². The van der Waals surface area contributed by atoms with Crippen LogP contribution in [0, 0.1) is 6.92 Å². The van der Waals surface area contributed by atoms with E-state index in [2.05, 4.69) is 30.7 Å². The standard InChI is InChI=1S/C21H18N6O2/c1-14-11-19(27-29-14)25-18-12-17(21(28)23-13-15-7-9-22-10-8-15)24-20(26-18)16-5-3-2-4-6-16/h2-12H,13H2,1H3,(H,23,28)(H,24,25,26,27). The summed E-state index contributed by atoms with van der Waals surface area (Å²) in [5.74, 6) is 1.75. The number of anilines is 2. The number of hydrogen-bond acceptors (Lipinski definition) is 7. The maximum absolute atomic E-state index is 12.7. The zero-order chi connectivity index (χ0) is 20.1. The van der Waals surface area contributed by atoms with Crippen molar-refractivity contribution in [2.24, 2.45) is 0 Å². The Balaban J connectivity index is 1.62. The Hall–Kier alpha value is -4.07. The van der Waals surface area contributed by atoms with E-state index in [1.54, 1.807) is 31.5 Å². The first-order chi connectivity index (χ1) is 14.2. The second-order valence-electron chi connectivity index (χ2n) is 6.31. The van der Waals surface area contributed by atoms with E-state index in [0.29, 0.717) is 29.8 Å². The summed E-state index contributed by atoms with van der Waals surface area (Å²) in [5, 5.41) is 9.84. The summed E-state index contributed by atoms with van der Waals surface area (Å²) in [7, 11) is 0. The van der Waals surface area contributed by atoms with Gasteiger partial charge in [0.05, 0.1) is 0 Å². The van der Waals surface area contributed by atoms with Gasteiger partial charge in [0.15, 0.2) is 11.6 Å². The summed E-state index contributed by atoms with van der Waals surface area (Å²) in [6, 6.07) is 16.5. The third kappa shape index (κ3) is 4.62. The number of nitrogens with zero attached hydrogens (tertiary/aromatic N) is 4. The SMILES string of the molecule is Cc1cc(Nc2cc(C(=O)NCc3ccncc3)nc(-c3ccccc3)n2)no1. The molecule has 1 aromatic carbocycles. The molecule has 4 aromatic rings. The fraction of sp³-hybridized carbons (Fsp3) is 0.0952. The Morgan fingerprint density at radius 3 is 2.52 bits per heavy atom. The number of aromatic nitrogens is 4. The number of rotatable bonds is 6. The normalized spacial score (nSPS) is 10.5. The highest BCUT2D eigenvalue weighted by atomic mass is 16.5. The molecule has 144 valence electrons. The van der Waals surface area contributed by atoms with Crippen molar-refractivity contribution in [2.75, 3.05) is 5.32 Å². The average molecular weight is 386 g/mol. The summed E-state index contributed by atoms with van der Waals surface area (Å²) in [6.45, 7) is 2.17. The van der Waals surface area contributed by atoms with Crippen LogP contribution in [0.15, 0.2) is 71.5 Å². The molecule has 0 aliphatic heterocycles. The Kier molecular flexibility index (Phi) is 5.24. The van der Waals surface area contributed by atoms with Crippen molar-refractivity contribution < 1.29 is 9.32 Å². The molecule has 0 saturated carbocycles. The first-order valence-electron chi connectivity index (χ1n) is 8.99. The molecule has 0 atom stereocenters. The van der Waals surface area contributed by atoms with Gasteiger partial charge in [-0.3, -0.25) is 9.78 Å². The number of carbonyl (C=O) groups excluding carboxylic acids is 1. The molecule has 3 heterocycles. The number of hydrogen-bond donors (Lipinski definition) is 2. The van der Waals surface area contributed by atoms with Crippen molar-refractivity contribution >= 4 is 17.5 Å². The molecule has 3 aromatic heterocycles. The molecule has 2 N–H and O–H groups in total. The van der Waals surface area contributed by atoms with Crippen molar-refractivity contribution in [3.05, 3.63) is 84.0 Å². The Morgan fingerprint density at radius 2 is 1.79 bits per heavy atom. The van der Waals surface area contributed by atoms with E-state index >= 15 is 0 Å². The van der Waals surface area contributed by atoms with Crippen LogP contribution in [0.4, 0.5) is 11.6 Å². The van der Waals surface area contributed by atoms with Gasteiger partial charge in [-0.25, -0.2) is 9.97 Å². The quantitative estimate of drug-likeness (QED) is 0.522. The molecule has 4 rings (SSSR count). The third-order valence-corrected chi connectivity index (χ3v) is 4.08. The molecule has 0 fully saturated rings. The molecule has 0 radical (unpaired) electrons. The maximum atomic E-state index is 12.7. The van der Waals surface area contributed by atoms with Crippen molar-refractivity contribution in [2.45, 2.75) is 13.5 Å². The van der Waals surface area contributed by atoms with Crippen LogP contribution in [0.5, 0.6) is 0 Å². The van der Waals surface area contributed by atoms with Gasteiger partial charge in [0.1, 0.15) is 17.3 Å². The predicted molar refractivity (Wildman–Crippen MR) is 107 cm³/mol. The topological polar surface area (TPSA) is 106 Å². The van der Waals surface area contributed by atoms with E-state index in [9.17, 15) is 4.79 Å². The van der Waals surface area contributed by atoms with Gasteiger partial charge in [-0.05, 0) is 24.6 Å². The second kappa shape index (κ2) is 8.30. The van der Waals surface area contributed by atoms with Crippen LogP contribution >= 0.6 is 0 Å². The molecule has 0 aliphatic carbocycles. The number of aryl methyl sites for hydroxylation is 1. The van der Waals surface area contributed by atoms with Gasteiger partial charge in [-0.1, -0.05) is 35.5 Å². The van der Waals surface area contributed by atoms with Gasteiger partial charge < -0.3 is 15.2 Å². The number of carbonyl (C=O) groups is 1. The smallest absolute Gasteiger partial charge is 0.270 e. The summed E-state index contributed by atoms with van der Waals surface area (Å²) in [6.07, 6.45) is 3.36. The summed E-state index contributed by atoms with van der Waals surface area (Å²) >= 11 is 0. The van der Waals surface area contributed by atoms with Crippen LogP contribution < -0.4 is 10.6 Å². The molecular weight excluding hydrogens is 368 g/mol. The molecule has 1 amide bonds. The Bertz CT molecular complexity index is 1110. The number of nitrogens with one attached hydrogen (secondary N) is 2. The highest BCUT2D eigenvalue weighted by Gasteiger charge is 2.14. The minimum absolute atomic E-state index is 0.246. The van der Waals surface area contributed by atoms with Gasteiger partial charge in [0.25, 0.3) is 5.91 Å². The third-order valence-electron chi connectivity index (χ3n) is 4.08. The van der Waals surface area contributed by atoms with Crippen LogP contribution in [0.3, 0.4) is 0 Å². The number of amides is 1. The van der Waals surface area contributed by atoms with Crippen LogP contribution in [0.1, 0.15) is 21.8 Å². The first-order valence-corrected chi connectivity index (χ1v) is 8.99. The van der Waals surface area contributed by atoms with Crippen molar-refractivity contribution in [3.63, 3.8) is 0 Å². The predicted octanol–water partition coefficient (Wildman–Crippen LogP) is 3.51. The Labute approximate surface area is 167 Å². The van der Waals surface area contributed by atoms with Crippen LogP contribution in [-0.2, 0) is 6.54 Å². The van der Waals surface area contributed by atoms with E-state index in [0.717, 1.165) is 11.1 Å². The zero-order valence-electron chi connectivity index (χ0n) is 15.7. The largest absolute Gasteiger partial charge is 0.360 e. The van der Waals surface area contributed by atoms with Gasteiger partial charge in [0.2, 0.25) is 0 Å². The number of pyridine rings is 1. The second-order valence-corrected chi connectivity index (χ2v) is 6.31. The molecule has 0 aliphatic rings. The highest BCUT2D eigenvalue weighted by molar-refractivity contribution is 5.93. The molecular formula is C21H18N6O2. The maximum Gasteiger partial charge on any atom is 0.270 e. The molecule has 29 heavy (non-hydrogen) atoms. The lowest BCUT2D eigenvalue weighted by molar-refractivity contribution is 0.0946. The molecule has 0 unspecified atom stereocenters. The van der Waals surface area contributed by atoms with Crippen LogP contribution in [0.2, 0.25) is 0 Å². The lowest BCUT2D eigenvalue weighted by Gasteiger charge is -2.09. The lowest BCUT2D eigenvalue weighted by atomic mass is 10.2. The van der Waals surface area contributed by atoms with Crippen LogP contribution in [0.25, 0.3) is 11.4 Å².